The molecule has 0 spiro atoms. The van der Waals surface area contributed by atoms with Gasteiger partial charge in [0.05, 0.1) is 5.56 Å². The van der Waals surface area contributed by atoms with E-state index in [9.17, 15) is 9.90 Å². The second kappa shape index (κ2) is 10.1. The van der Waals surface area contributed by atoms with Gasteiger partial charge in [-0.3, -0.25) is 4.79 Å². The van der Waals surface area contributed by atoms with Gasteiger partial charge in [-0.15, -0.1) is 0 Å². The zero-order valence-electron chi connectivity index (χ0n) is 18.6. The van der Waals surface area contributed by atoms with Crippen LogP contribution in [0.3, 0.4) is 0 Å². The van der Waals surface area contributed by atoms with Crippen molar-refractivity contribution in [3.8, 4) is 22.6 Å². The molecule has 0 amide bonds. The first-order chi connectivity index (χ1) is 14.8. The van der Waals surface area contributed by atoms with E-state index in [-0.39, 0.29) is 11.5 Å². The minimum Gasteiger partial charge on any atom is -0.508 e. The van der Waals surface area contributed by atoms with E-state index in [1.54, 1.807) is 36.4 Å². The number of likely N-dealkylation sites (N-methyl/N-ethyl adjacent to an activating group) is 1. The van der Waals surface area contributed by atoms with Crippen molar-refractivity contribution in [1.82, 2.24) is 4.90 Å². The van der Waals surface area contributed by atoms with Gasteiger partial charge in [-0.25, -0.2) is 0 Å². The van der Waals surface area contributed by atoms with Gasteiger partial charge in [-0.1, -0.05) is 53.6 Å². The lowest BCUT2D eigenvalue weighted by Gasteiger charge is -2.14. The third-order valence-electron chi connectivity index (χ3n) is 4.92. The maximum absolute atomic E-state index is 13.1. The van der Waals surface area contributed by atoms with E-state index in [1.807, 2.05) is 37.2 Å². The van der Waals surface area contributed by atoms with E-state index in [4.69, 9.17) is 4.74 Å². The third kappa shape index (κ3) is 6.30. The molecule has 0 heterocycles. The zero-order valence-corrected chi connectivity index (χ0v) is 18.6. The van der Waals surface area contributed by atoms with Gasteiger partial charge >= 0.3 is 0 Å². The lowest BCUT2D eigenvalue weighted by atomic mass is 9.97. The molecule has 160 valence electrons. The van der Waals surface area contributed by atoms with Crippen molar-refractivity contribution in [3.63, 3.8) is 0 Å². The topological polar surface area (TPSA) is 49.8 Å². The molecule has 1 N–H and O–H groups in total. The average molecular weight is 416 g/mol. The Hall–Kier alpha value is -3.37. The number of carbonyl (C=O) groups is 1. The molecule has 4 nitrogen and oxygen atoms in total. The number of phenols is 1. The molecule has 0 bridgehead atoms. The van der Waals surface area contributed by atoms with Crippen LogP contribution < -0.4 is 4.74 Å². The van der Waals surface area contributed by atoms with E-state index >= 15 is 0 Å². The zero-order chi connectivity index (χ0) is 22.4. The van der Waals surface area contributed by atoms with Crippen LogP contribution in [0, 0.1) is 13.8 Å². The lowest BCUT2D eigenvalue weighted by molar-refractivity contribution is 0.104. The quantitative estimate of drug-likeness (QED) is 0.389. The number of hydrogen-bond donors (Lipinski definition) is 1. The van der Waals surface area contributed by atoms with Gasteiger partial charge in [-0.2, -0.15) is 0 Å². The number of ether oxygens (including phenoxy) is 1. The van der Waals surface area contributed by atoms with Crippen LogP contribution in [-0.2, 0) is 0 Å². The normalized spacial score (nSPS) is 11.3. The Bertz CT molecular complexity index is 1060. The SMILES string of the molecule is Cc1cc(C)cc(-c2ccc(OCCN(C)C)c(C(=O)C=Cc3ccc(O)cc3)c2)c1. The highest BCUT2D eigenvalue weighted by Crippen LogP contribution is 2.29. The molecule has 4 heteroatoms. The standard InChI is InChI=1S/C27H29NO3/c1-19-15-20(2)17-23(16-19)22-8-12-27(31-14-13-28(3)4)25(18-22)26(30)11-7-21-5-9-24(29)10-6-21/h5-12,15-18,29H,13-14H2,1-4H3. The highest BCUT2D eigenvalue weighted by Gasteiger charge is 2.13. The Balaban J connectivity index is 1.94. The maximum Gasteiger partial charge on any atom is 0.189 e. The van der Waals surface area contributed by atoms with E-state index in [2.05, 4.69) is 32.0 Å². The summed E-state index contributed by atoms with van der Waals surface area (Å²) in [6.07, 6.45) is 3.29. The number of benzene rings is 3. The van der Waals surface area contributed by atoms with Crippen LogP contribution in [0.2, 0.25) is 0 Å². The summed E-state index contributed by atoms with van der Waals surface area (Å²) in [6.45, 7) is 5.40. The summed E-state index contributed by atoms with van der Waals surface area (Å²) in [6, 6.07) is 18.9. The molecule has 0 saturated carbocycles. The number of ketones is 1. The van der Waals surface area contributed by atoms with Crippen molar-refractivity contribution < 1.29 is 14.6 Å². The van der Waals surface area contributed by atoms with Crippen molar-refractivity contribution in [2.75, 3.05) is 27.2 Å². The van der Waals surface area contributed by atoms with Gasteiger partial charge in [0.2, 0.25) is 0 Å². The summed E-state index contributed by atoms with van der Waals surface area (Å²) in [5.74, 6) is 0.649. The average Bonchev–Trinajstić information content (AvgIpc) is 2.72. The number of hydrogen-bond acceptors (Lipinski definition) is 4. The maximum atomic E-state index is 13.1. The predicted molar refractivity (Wildman–Crippen MR) is 127 cm³/mol. The Labute approximate surface area is 184 Å². The van der Waals surface area contributed by atoms with Crippen LogP contribution in [0.4, 0.5) is 0 Å². The van der Waals surface area contributed by atoms with Crippen LogP contribution in [0.15, 0.2) is 66.7 Å². The number of nitrogens with zero attached hydrogens (tertiary/aromatic N) is 1. The van der Waals surface area contributed by atoms with Gasteiger partial charge in [0.1, 0.15) is 18.1 Å². The summed E-state index contributed by atoms with van der Waals surface area (Å²) in [7, 11) is 3.97. The predicted octanol–water partition coefficient (Wildman–Crippen LogP) is 5.51. The van der Waals surface area contributed by atoms with Gasteiger partial charge in [0, 0.05) is 6.54 Å². The van der Waals surface area contributed by atoms with Crippen molar-refractivity contribution in [2.24, 2.45) is 0 Å². The minimum atomic E-state index is -0.126. The molecule has 0 atom stereocenters. The first-order valence-electron chi connectivity index (χ1n) is 10.3. The van der Waals surface area contributed by atoms with Crippen LogP contribution >= 0.6 is 0 Å². The van der Waals surface area contributed by atoms with E-state index in [1.165, 1.54) is 11.1 Å². The summed E-state index contributed by atoms with van der Waals surface area (Å²) in [5.41, 5.74) is 5.79. The van der Waals surface area contributed by atoms with E-state index in [0.29, 0.717) is 17.9 Å². The Morgan fingerprint density at radius 3 is 2.26 bits per heavy atom. The van der Waals surface area contributed by atoms with Gasteiger partial charge < -0.3 is 14.7 Å². The monoisotopic (exact) mass is 415 g/mol. The van der Waals surface area contributed by atoms with Crippen LogP contribution in [-0.4, -0.2) is 43.0 Å². The van der Waals surface area contributed by atoms with Crippen molar-refractivity contribution in [3.05, 3.63) is 89.0 Å². The molecular weight excluding hydrogens is 386 g/mol. The van der Waals surface area contributed by atoms with Crippen LogP contribution in [0.5, 0.6) is 11.5 Å². The molecule has 3 aromatic carbocycles. The molecule has 0 unspecified atom stereocenters. The fourth-order valence-electron chi connectivity index (χ4n) is 3.35. The number of aryl methyl sites for hydroxylation is 2. The highest BCUT2D eigenvalue weighted by molar-refractivity contribution is 6.09. The molecule has 0 saturated heterocycles. The van der Waals surface area contributed by atoms with Gasteiger partial charge in [0.15, 0.2) is 5.78 Å². The second-order valence-corrected chi connectivity index (χ2v) is 8.03. The molecule has 0 radical (unpaired) electrons. The molecule has 0 aliphatic heterocycles. The van der Waals surface area contributed by atoms with E-state index < -0.39 is 0 Å². The molecule has 3 aromatic rings. The molecule has 3 rings (SSSR count). The minimum absolute atomic E-state index is 0.126. The van der Waals surface area contributed by atoms with Crippen molar-refractivity contribution in [2.45, 2.75) is 13.8 Å². The highest BCUT2D eigenvalue weighted by atomic mass is 16.5. The summed E-state index contributed by atoms with van der Waals surface area (Å²) < 4.78 is 5.95. The summed E-state index contributed by atoms with van der Waals surface area (Å²) in [5, 5.41) is 9.44. The van der Waals surface area contributed by atoms with Gasteiger partial charge in [-0.05, 0) is 75.0 Å². The molecule has 0 aromatic heterocycles. The molecule has 0 fully saturated rings. The fourth-order valence-corrected chi connectivity index (χ4v) is 3.35. The lowest BCUT2D eigenvalue weighted by Crippen LogP contribution is -2.20. The molecule has 0 aliphatic carbocycles. The number of carbonyl (C=O) groups excluding carboxylic acids is 1. The van der Waals surface area contributed by atoms with Crippen LogP contribution in [0.25, 0.3) is 17.2 Å². The molecule has 0 aliphatic rings. The van der Waals surface area contributed by atoms with Crippen molar-refractivity contribution >= 4 is 11.9 Å². The Morgan fingerprint density at radius 2 is 1.61 bits per heavy atom. The third-order valence-corrected chi connectivity index (χ3v) is 4.92. The van der Waals surface area contributed by atoms with Crippen LogP contribution in [0.1, 0.15) is 27.0 Å². The first-order valence-corrected chi connectivity index (χ1v) is 10.3. The second-order valence-electron chi connectivity index (χ2n) is 8.03. The van der Waals surface area contributed by atoms with Gasteiger partial charge in [0.25, 0.3) is 0 Å². The summed E-state index contributed by atoms with van der Waals surface area (Å²) >= 11 is 0. The Kier molecular flexibility index (Phi) is 7.27. The summed E-state index contributed by atoms with van der Waals surface area (Å²) in [4.78, 5) is 15.1. The molecular formula is C27H29NO3. The Morgan fingerprint density at radius 1 is 0.935 bits per heavy atom. The number of allylic oxidation sites excluding steroid dienone is 1. The fraction of sp³-hybridized carbons (Fsp3) is 0.222. The number of rotatable bonds is 8. The number of aromatic hydroxyl groups is 1. The molecule has 31 heavy (non-hydrogen) atoms. The number of phenolic OH excluding ortho intramolecular Hbond substituents is 1. The largest absolute Gasteiger partial charge is 0.508 e. The smallest absolute Gasteiger partial charge is 0.189 e. The first kappa shape index (κ1) is 22.3. The van der Waals surface area contributed by atoms with E-state index in [0.717, 1.165) is 23.2 Å². The van der Waals surface area contributed by atoms with Crippen molar-refractivity contribution in [1.29, 1.82) is 0 Å².